The number of hydrogen-bond donors (Lipinski definition) is 2. The standard InChI is InChI=1S/C15H17N3OS/c19-15(17-14-6-13-5-12(14)7-16-13)18-3-1-10(8-18)11-2-4-20-9-11/h1-4,8-9,12-14,16H,5-7H2,(H,17,19). The summed E-state index contributed by atoms with van der Waals surface area (Å²) >= 11 is 1.67. The summed E-state index contributed by atoms with van der Waals surface area (Å²) in [5.74, 6) is 0.607. The molecule has 0 spiro atoms. The molecule has 3 heterocycles. The van der Waals surface area contributed by atoms with Gasteiger partial charge in [-0.2, -0.15) is 11.3 Å². The first-order valence-electron chi connectivity index (χ1n) is 7.04. The molecule has 3 atom stereocenters. The van der Waals surface area contributed by atoms with Gasteiger partial charge in [-0.1, -0.05) is 0 Å². The van der Waals surface area contributed by atoms with Crippen molar-refractivity contribution in [1.29, 1.82) is 0 Å². The minimum atomic E-state index is -0.0102. The maximum Gasteiger partial charge on any atom is 0.325 e. The highest BCUT2D eigenvalue weighted by Gasteiger charge is 2.40. The van der Waals surface area contributed by atoms with Gasteiger partial charge in [-0.25, -0.2) is 4.79 Å². The van der Waals surface area contributed by atoms with Crippen LogP contribution in [0.1, 0.15) is 12.8 Å². The van der Waals surface area contributed by atoms with Gasteiger partial charge in [-0.15, -0.1) is 0 Å². The van der Waals surface area contributed by atoms with Crippen molar-refractivity contribution in [3.05, 3.63) is 35.3 Å². The molecule has 4 rings (SSSR count). The Bertz CT molecular complexity index is 619. The van der Waals surface area contributed by atoms with Crippen LogP contribution < -0.4 is 10.6 Å². The van der Waals surface area contributed by atoms with Crippen LogP contribution in [-0.4, -0.2) is 29.2 Å². The van der Waals surface area contributed by atoms with Crippen LogP contribution in [0.15, 0.2) is 35.3 Å². The van der Waals surface area contributed by atoms with Crippen LogP contribution in [-0.2, 0) is 0 Å². The van der Waals surface area contributed by atoms with Crippen LogP contribution in [0, 0.1) is 5.92 Å². The van der Waals surface area contributed by atoms with Crippen LogP contribution in [0.3, 0.4) is 0 Å². The zero-order valence-electron chi connectivity index (χ0n) is 11.1. The van der Waals surface area contributed by atoms with Gasteiger partial charge >= 0.3 is 6.03 Å². The Balaban J connectivity index is 1.46. The van der Waals surface area contributed by atoms with E-state index in [1.54, 1.807) is 15.9 Å². The number of nitrogens with one attached hydrogen (secondary N) is 2. The van der Waals surface area contributed by atoms with Gasteiger partial charge in [0.1, 0.15) is 0 Å². The van der Waals surface area contributed by atoms with E-state index in [-0.39, 0.29) is 6.03 Å². The van der Waals surface area contributed by atoms with E-state index in [2.05, 4.69) is 27.5 Å². The summed E-state index contributed by atoms with van der Waals surface area (Å²) in [7, 11) is 0. The van der Waals surface area contributed by atoms with E-state index < -0.39 is 0 Å². The highest BCUT2D eigenvalue weighted by Crippen LogP contribution is 2.31. The van der Waals surface area contributed by atoms with Gasteiger partial charge in [0.2, 0.25) is 0 Å². The number of amides is 1. The molecule has 1 saturated carbocycles. The van der Waals surface area contributed by atoms with Gasteiger partial charge in [0.05, 0.1) is 0 Å². The van der Waals surface area contributed by atoms with Crippen molar-refractivity contribution < 1.29 is 4.79 Å². The summed E-state index contributed by atoms with van der Waals surface area (Å²) in [6, 6.07) is 4.99. The molecule has 3 unspecified atom stereocenters. The van der Waals surface area contributed by atoms with Gasteiger partial charge < -0.3 is 10.6 Å². The van der Waals surface area contributed by atoms with Crippen LogP contribution in [0.2, 0.25) is 0 Å². The number of carbonyl (C=O) groups is 1. The van der Waals surface area contributed by atoms with E-state index in [1.807, 2.05) is 18.5 Å². The Morgan fingerprint density at radius 1 is 1.35 bits per heavy atom. The number of aromatic nitrogens is 1. The number of nitrogens with zero attached hydrogens (tertiary/aromatic N) is 1. The molecular formula is C15H17N3OS. The van der Waals surface area contributed by atoms with Crippen molar-refractivity contribution in [2.75, 3.05) is 6.54 Å². The van der Waals surface area contributed by atoms with Crippen LogP contribution in [0.25, 0.3) is 11.1 Å². The van der Waals surface area contributed by atoms with E-state index in [1.165, 1.54) is 12.0 Å². The summed E-state index contributed by atoms with van der Waals surface area (Å²) in [4.78, 5) is 12.3. The lowest BCUT2D eigenvalue weighted by Crippen LogP contribution is -2.45. The van der Waals surface area contributed by atoms with Crippen molar-refractivity contribution in [1.82, 2.24) is 15.2 Å². The monoisotopic (exact) mass is 287 g/mol. The Morgan fingerprint density at radius 2 is 2.30 bits per heavy atom. The van der Waals surface area contributed by atoms with Gasteiger partial charge in [0, 0.05) is 36.6 Å². The molecule has 0 radical (unpaired) electrons. The van der Waals surface area contributed by atoms with Crippen molar-refractivity contribution >= 4 is 17.4 Å². The first kappa shape index (κ1) is 12.2. The largest absolute Gasteiger partial charge is 0.334 e. The topological polar surface area (TPSA) is 46.1 Å². The average Bonchev–Trinajstić information content (AvgIpc) is 3.21. The summed E-state index contributed by atoms with van der Waals surface area (Å²) < 4.78 is 1.66. The number of rotatable bonds is 2. The Morgan fingerprint density at radius 3 is 3.00 bits per heavy atom. The molecule has 1 amide bonds. The van der Waals surface area contributed by atoms with Crippen molar-refractivity contribution in [3.8, 4) is 11.1 Å². The molecule has 4 nitrogen and oxygen atoms in total. The highest BCUT2D eigenvalue weighted by atomic mass is 32.1. The Hall–Kier alpha value is -1.59. The number of hydrogen-bond acceptors (Lipinski definition) is 3. The third-order valence-electron chi connectivity index (χ3n) is 4.45. The first-order chi connectivity index (χ1) is 9.79. The van der Waals surface area contributed by atoms with E-state index in [4.69, 9.17) is 0 Å². The molecule has 2 N–H and O–H groups in total. The Kier molecular flexibility index (Phi) is 2.89. The molecule has 5 heteroatoms. The highest BCUT2D eigenvalue weighted by molar-refractivity contribution is 7.08. The normalized spacial score (nSPS) is 27.9. The lowest BCUT2D eigenvalue weighted by molar-refractivity contribution is 0.233. The lowest BCUT2D eigenvalue weighted by atomic mass is 10.0. The second-order valence-electron chi connectivity index (χ2n) is 5.71. The zero-order chi connectivity index (χ0) is 13.5. The van der Waals surface area contributed by atoms with Gasteiger partial charge in [-0.3, -0.25) is 4.57 Å². The zero-order valence-corrected chi connectivity index (χ0v) is 11.9. The minimum Gasteiger partial charge on any atom is -0.334 e. The number of piperidine rings is 1. The molecule has 2 aromatic rings. The molecule has 2 bridgehead atoms. The molecule has 1 aliphatic heterocycles. The fraction of sp³-hybridized carbons (Fsp3) is 0.400. The molecule has 2 fully saturated rings. The van der Waals surface area contributed by atoms with Crippen LogP contribution in [0.4, 0.5) is 4.79 Å². The van der Waals surface area contributed by atoms with Crippen molar-refractivity contribution in [3.63, 3.8) is 0 Å². The maximum atomic E-state index is 12.3. The molecule has 20 heavy (non-hydrogen) atoms. The van der Waals surface area contributed by atoms with E-state index >= 15 is 0 Å². The third kappa shape index (κ3) is 2.07. The van der Waals surface area contributed by atoms with Gasteiger partial charge in [-0.05, 0) is 47.2 Å². The van der Waals surface area contributed by atoms with E-state index in [0.717, 1.165) is 18.5 Å². The van der Waals surface area contributed by atoms with Crippen LogP contribution in [0.5, 0.6) is 0 Å². The number of fused-ring (bicyclic) bond motifs is 2. The molecule has 2 aliphatic rings. The summed E-state index contributed by atoms with van der Waals surface area (Å²) in [5, 5.41) is 10.8. The molecule has 2 aromatic heterocycles. The minimum absolute atomic E-state index is 0.0102. The fourth-order valence-corrected chi connectivity index (χ4v) is 4.03. The smallest absolute Gasteiger partial charge is 0.325 e. The second kappa shape index (κ2) is 4.75. The SMILES string of the molecule is O=C(NC1CC2CC1CN2)n1ccc(-c2ccsc2)c1. The van der Waals surface area contributed by atoms with Crippen LogP contribution >= 0.6 is 11.3 Å². The summed E-state index contributed by atoms with van der Waals surface area (Å²) in [6.07, 6.45) is 6.02. The molecular weight excluding hydrogens is 270 g/mol. The van der Waals surface area contributed by atoms with Gasteiger partial charge in [0.15, 0.2) is 0 Å². The molecule has 1 saturated heterocycles. The lowest BCUT2D eigenvalue weighted by Gasteiger charge is -2.23. The summed E-state index contributed by atoms with van der Waals surface area (Å²) in [5.41, 5.74) is 2.27. The molecule has 1 aliphatic carbocycles. The number of carbonyl (C=O) groups excluding carboxylic acids is 1. The fourth-order valence-electron chi connectivity index (χ4n) is 3.37. The average molecular weight is 287 g/mol. The van der Waals surface area contributed by atoms with E-state index in [0.29, 0.717) is 18.0 Å². The van der Waals surface area contributed by atoms with Crippen molar-refractivity contribution in [2.24, 2.45) is 5.92 Å². The van der Waals surface area contributed by atoms with Crippen molar-refractivity contribution in [2.45, 2.75) is 24.9 Å². The quantitative estimate of drug-likeness (QED) is 0.891. The summed E-state index contributed by atoms with van der Waals surface area (Å²) in [6.45, 7) is 1.04. The predicted octanol–water partition coefficient (Wildman–Crippen LogP) is 2.52. The Labute approximate surface area is 121 Å². The maximum absolute atomic E-state index is 12.3. The molecule has 104 valence electrons. The predicted molar refractivity (Wildman–Crippen MR) is 80.0 cm³/mol. The second-order valence-corrected chi connectivity index (χ2v) is 6.49. The van der Waals surface area contributed by atoms with Gasteiger partial charge in [0.25, 0.3) is 0 Å². The number of thiophene rings is 1. The molecule has 0 aromatic carbocycles. The third-order valence-corrected chi connectivity index (χ3v) is 5.14. The van der Waals surface area contributed by atoms with E-state index in [9.17, 15) is 4.79 Å². The first-order valence-corrected chi connectivity index (χ1v) is 7.99.